The minimum absolute atomic E-state index is 0.127. The van der Waals surface area contributed by atoms with Gasteiger partial charge in [-0.05, 0) is 74.0 Å². The van der Waals surface area contributed by atoms with Crippen LogP contribution in [0.1, 0.15) is 40.7 Å². The summed E-state index contributed by atoms with van der Waals surface area (Å²) in [4.78, 5) is 2.58. The summed E-state index contributed by atoms with van der Waals surface area (Å²) in [5.74, 6) is 0. The van der Waals surface area contributed by atoms with Crippen LogP contribution in [0.25, 0.3) is 0 Å². The summed E-state index contributed by atoms with van der Waals surface area (Å²) in [5.41, 5.74) is 6.26. The lowest BCUT2D eigenvalue weighted by atomic mass is 9.93. The van der Waals surface area contributed by atoms with Gasteiger partial charge in [0.25, 0.3) is 0 Å². The Morgan fingerprint density at radius 2 is 2.00 bits per heavy atom. The van der Waals surface area contributed by atoms with Crippen LogP contribution in [0.2, 0.25) is 0 Å². The predicted molar refractivity (Wildman–Crippen MR) is 92.2 cm³/mol. The zero-order chi connectivity index (χ0) is 16.4. The zero-order valence-electron chi connectivity index (χ0n) is 14.4. The third-order valence-electron chi connectivity index (χ3n) is 5.27. The number of aryl methyl sites for hydroxylation is 2. The molecule has 1 aliphatic rings. The van der Waals surface area contributed by atoms with Crippen LogP contribution in [0.5, 0.6) is 0 Å². The largest absolute Gasteiger partial charge is 0.392 e. The van der Waals surface area contributed by atoms with E-state index in [0.717, 1.165) is 25.2 Å². The van der Waals surface area contributed by atoms with Crippen molar-refractivity contribution in [1.29, 1.82) is 0 Å². The van der Waals surface area contributed by atoms with Crippen molar-refractivity contribution in [3.63, 3.8) is 0 Å². The van der Waals surface area contributed by atoms with Gasteiger partial charge in [0.05, 0.1) is 13.2 Å². The molecule has 4 heteroatoms. The summed E-state index contributed by atoms with van der Waals surface area (Å²) in [6.07, 6.45) is 6.38. The Bertz CT molecular complexity index is 664. The van der Waals surface area contributed by atoms with Crippen molar-refractivity contribution in [3.8, 4) is 0 Å². The molecule has 0 aliphatic carbocycles. The van der Waals surface area contributed by atoms with Gasteiger partial charge < -0.3 is 5.11 Å². The van der Waals surface area contributed by atoms with Gasteiger partial charge in [0.2, 0.25) is 0 Å². The van der Waals surface area contributed by atoms with Crippen molar-refractivity contribution in [2.45, 2.75) is 59.4 Å². The number of aromatic nitrogens is 2. The van der Waals surface area contributed by atoms with Gasteiger partial charge in [0, 0.05) is 25.0 Å². The topological polar surface area (TPSA) is 41.3 Å². The number of hydrogen-bond acceptors (Lipinski definition) is 3. The lowest BCUT2D eigenvalue weighted by molar-refractivity contribution is 0.218. The van der Waals surface area contributed by atoms with Gasteiger partial charge in [0.1, 0.15) is 0 Å². The van der Waals surface area contributed by atoms with Gasteiger partial charge in [-0.2, -0.15) is 5.10 Å². The summed E-state index contributed by atoms with van der Waals surface area (Å²) < 4.78 is 2.04. The summed E-state index contributed by atoms with van der Waals surface area (Å²) >= 11 is 0. The van der Waals surface area contributed by atoms with Crippen LogP contribution in [-0.4, -0.2) is 32.4 Å². The van der Waals surface area contributed by atoms with E-state index in [4.69, 9.17) is 0 Å². The molecule has 0 amide bonds. The summed E-state index contributed by atoms with van der Waals surface area (Å²) in [7, 11) is 0. The monoisotopic (exact) mass is 313 g/mol. The number of nitrogens with zero attached hydrogens (tertiary/aromatic N) is 3. The van der Waals surface area contributed by atoms with Crippen LogP contribution < -0.4 is 0 Å². The number of aliphatic hydroxyl groups is 1. The zero-order valence-corrected chi connectivity index (χ0v) is 14.4. The normalized spacial score (nSPS) is 18.7. The van der Waals surface area contributed by atoms with E-state index in [0.29, 0.717) is 6.04 Å². The van der Waals surface area contributed by atoms with Gasteiger partial charge in [-0.25, -0.2) is 0 Å². The highest BCUT2D eigenvalue weighted by Crippen LogP contribution is 2.27. The molecule has 0 saturated carbocycles. The highest BCUT2D eigenvalue weighted by molar-refractivity contribution is 5.44. The average Bonchev–Trinajstić information content (AvgIpc) is 3.16. The van der Waals surface area contributed by atoms with Crippen LogP contribution in [0.4, 0.5) is 0 Å². The molecule has 2 heterocycles. The van der Waals surface area contributed by atoms with E-state index in [1.165, 1.54) is 35.1 Å². The quantitative estimate of drug-likeness (QED) is 0.922. The lowest BCUT2D eigenvalue weighted by Gasteiger charge is -2.27. The molecule has 23 heavy (non-hydrogen) atoms. The van der Waals surface area contributed by atoms with E-state index in [1.54, 1.807) is 0 Å². The Balaban J connectivity index is 1.80. The third kappa shape index (κ3) is 3.33. The molecule has 2 aromatic rings. The lowest BCUT2D eigenvalue weighted by Crippen LogP contribution is -2.33. The number of benzene rings is 1. The van der Waals surface area contributed by atoms with Crippen molar-refractivity contribution in [2.75, 3.05) is 6.54 Å². The highest BCUT2D eigenvalue weighted by atomic mass is 16.3. The fourth-order valence-electron chi connectivity index (χ4n) is 3.90. The molecule has 1 aliphatic heterocycles. The number of aliphatic hydroxyl groups excluding tert-OH is 1. The van der Waals surface area contributed by atoms with E-state index in [9.17, 15) is 5.11 Å². The maximum atomic E-state index is 9.67. The van der Waals surface area contributed by atoms with Crippen LogP contribution in [0.15, 0.2) is 24.5 Å². The molecule has 124 valence electrons. The predicted octanol–water partition coefficient (Wildman–Crippen LogP) is 2.97. The molecule has 1 N–H and O–H groups in total. The standard InChI is InChI=1S/C19H27N3O/c1-14-10-15(2)19(13-23)16(3)18(14)12-21-8-4-6-17(21)11-22-9-5-7-20-22/h5,7,9-10,17,23H,4,6,8,11-13H2,1-3H3. The first-order chi connectivity index (χ1) is 11.1. The average molecular weight is 313 g/mol. The molecule has 1 aromatic carbocycles. The number of hydrogen-bond donors (Lipinski definition) is 1. The van der Waals surface area contributed by atoms with Crippen LogP contribution in [0, 0.1) is 20.8 Å². The van der Waals surface area contributed by atoms with E-state index < -0.39 is 0 Å². The van der Waals surface area contributed by atoms with Crippen LogP contribution in [-0.2, 0) is 19.7 Å². The van der Waals surface area contributed by atoms with Crippen molar-refractivity contribution in [1.82, 2.24) is 14.7 Å². The Hall–Kier alpha value is -1.65. The van der Waals surface area contributed by atoms with Gasteiger partial charge in [-0.15, -0.1) is 0 Å². The van der Waals surface area contributed by atoms with Gasteiger partial charge >= 0.3 is 0 Å². The molecule has 1 saturated heterocycles. The summed E-state index contributed by atoms with van der Waals surface area (Å²) in [5, 5.41) is 14.0. The molecular formula is C19H27N3O. The molecule has 0 bridgehead atoms. The van der Waals surface area contributed by atoms with Crippen molar-refractivity contribution < 1.29 is 5.11 Å². The van der Waals surface area contributed by atoms with Crippen LogP contribution >= 0.6 is 0 Å². The first-order valence-electron chi connectivity index (χ1n) is 8.51. The SMILES string of the molecule is Cc1cc(C)c(CN2CCCC2Cn2cccn2)c(C)c1CO. The summed E-state index contributed by atoms with van der Waals surface area (Å²) in [6.45, 7) is 9.63. The molecule has 1 unspecified atom stereocenters. The number of rotatable bonds is 5. The first kappa shape index (κ1) is 16.2. The maximum absolute atomic E-state index is 9.67. The smallest absolute Gasteiger partial charge is 0.0687 e. The second-order valence-corrected chi connectivity index (χ2v) is 6.75. The minimum Gasteiger partial charge on any atom is -0.392 e. The van der Waals surface area contributed by atoms with E-state index in [2.05, 4.69) is 36.8 Å². The molecule has 4 nitrogen and oxygen atoms in total. The third-order valence-corrected chi connectivity index (χ3v) is 5.27. The summed E-state index contributed by atoms with van der Waals surface area (Å²) in [6, 6.07) is 4.75. The van der Waals surface area contributed by atoms with Crippen molar-refractivity contribution in [2.24, 2.45) is 0 Å². The van der Waals surface area contributed by atoms with Crippen molar-refractivity contribution >= 4 is 0 Å². The molecular weight excluding hydrogens is 286 g/mol. The van der Waals surface area contributed by atoms with Gasteiger partial charge in [-0.3, -0.25) is 9.58 Å². The first-order valence-corrected chi connectivity index (χ1v) is 8.51. The van der Waals surface area contributed by atoms with Crippen molar-refractivity contribution in [3.05, 3.63) is 52.3 Å². The second-order valence-electron chi connectivity index (χ2n) is 6.75. The Kier molecular flexibility index (Phi) is 4.83. The van der Waals surface area contributed by atoms with Gasteiger partial charge in [0.15, 0.2) is 0 Å². The number of likely N-dealkylation sites (tertiary alicyclic amines) is 1. The van der Waals surface area contributed by atoms with E-state index in [1.807, 2.05) is 23.1 Å². The highest BCUT2D eigenvalue weighted by Gasteiger charge is 2.26. The second kappa shape index (κ2) is 6.85. The molecule has 0 radical (unpaired) electrons. The van der Waals surface area contributed by atoms with E-state index >= 15 is 0 Å². The molecule has 1 atom stereocenters. The van der Waals surface area contributed by atoms with Gasteiger partial charge in [-0.1, -0.05) is 6.07 Å². The molecule has 1 fully saturated rings. The Labute approximate surface area is 138 Å². The van der Waals surface area contributed by atoms with E-state index in [-0.39, 0.29) is 6.61 Å². The maximum Gasteiger partial charge on any atom is 0.0687 e. The minimum atomic E-state index is 0.127. The molecule has 0 spiro atoms. The fraction of sp³-hybridized carbons (Fsp3) is 0.526. The van der Waals surface area contributed by atoms with Crippen LogP contribution in [0.3, 0.4) is 0 Å². The molecule has 3 rings (SSSR count). The Morgan fingerprint density at radius 1 is 1.22 bits per heavy atom. The Morgan fingerprint density at radius 3 is 2.70 bits per heavy atom. The fourth-order valence-corrected chi connectivity index (χ4v) is 3.90. The molecule has 1 aromatic heterocycles.